The van der Waals surface area contributed by atoms with E-state index < -0.39 is 17.0 Å². The molecule has 0 radical (unpaired) electrons. The fourth-order valence-electron chi connectivity index (χ4n) is 2.98. The van der Waals surface area contributed by atoms with Crippen LogP contribution in [0.4, 0.5) is 10.1 Å². The van der Waals surface area contributed by atoms with Crippen LogP contribution in [0.15, 0.2) is 53.7 Å². The zero-order valence-corrected chi connectivity index (χ0v) is 19.2. The van der Waals surface area contributed by atoms with Crippen LogP contribution in [0.3, 0.4) is 0 Å². The van der Waals surface area contributed by atoms with Crippen LogP contribution in [-0.4, -0.2) is 31.8 Å². The van der Waals surface area contributed by atoms with Gasteiger partial charge in [0.05, 0.1) is 28.1 Å². The third-order valence-electron chi connectivity index (χ3n) is 4.68. The standard InChI is InChI=1S/C22H23ClFN5O2S/c1-3-18(21(31)26-17-12-8-6-10-15(17)23)32-22-28-27-19(29(22)4-2)13-25-20(30)14-9-5-7-11-16(14)24/h5-12,18H,3-4,13H2,1-2H3,(H,25,30)(H,26,31)/t18-/m0/s1. The van der Waals surface area contributed by atoms with E-state index in [9.17, 15) is 14.0 Å². The lowest BCUT2D eigenvalue weighted by atomic mass is 10.2. The maximum atomic E-state index is 13.8. The minimum atomic E-state index is -0.589. The summed E-state index contributed by atoms with van der Waals surface area (Å²) in [7, 11) is 0. The minimum absolute atomic E-state index is 0.0352. The van der Waals surface area contributed by atoms with Crippen molar-refractivity contribution in [3.8, 4) is 0 Å². The second-order valence-corrected chi connectivity index (χ2v) is 8.37. The molecule has 0 unspecified atom stereocenters. The van der Waals surface area contributed by atoms with Gasteiger partial charge in [-0.15, -0.1) is 10.2 Å². The monoisotopic (exact) mass is 475 g/mol. The number of halogens is 2. The zero-order valence-electron chi connectivity index (χ0n) is 17.6. The summed E-state index contributed by atoms with van der Waals surface area (Å²) in [5.41, 5.74) is 0.513. The van der Waals surface area contributed by atoms with Gasteiger partial charge in [0.15, 0.2) is 11.0 Å². The van der Waals surface area contributed by atoms with Crippen LogP contribution in [-0.2, 0) is 17.9 Å². The van der Waals surface area contributed by atoms with Crippen molar-refractivity contribution in [3.05, 3.63) is 70.8 Å². The Labute approximate surface area is 194 Å². The number of benzene rings is 2. The predicted octanol–water partition coefficient (Wildman–Crippen LogP) is 4.53. The largest absolute Gasteiger partial charge is 0.345 e. The van der Waals surface area contributed by atoms with Gasteiger partial charge in [-0.2, -0.15) is 0 Å². The van der Waals surface area contributed by atoms with Crippen LogP contribution in [0.5, 0.6) is 0 Å². The number of amides is 2. The van der Waals surface area contributed by atoms with Crippen molar-refractivity contribution in [2.24, 2.45) is 0 Å². The first kappa shape index (κ1) is 23.7. The van der Waals surface area contributed by atoms with Gasteiger partial charge in [-0.1, -0.05) is 54.6 Å². The average molecular weight is 476 g/mol. The lowest BCUT2D eigenvalue weighted by Gasteiger charge is -2.15. The van der Waals surface area contributed by atoms with Crippen molar-refractivity contribution in [1.29, 1.82) is 0 Å². The van der Waals surface area contributed by atoms with Crippen molar-refractivity contribution < 1.29 is 14.0 Å². The van der Waals surface area contributed by atoms with Gasteiger partial charge in [0.1, 0.15) is 5.82 Å². The van der Waals surface area contributed by atoms with E-state index in [-0.39, 0.29) is 18.0 Å². The van der Waals surface area contributed by atoms with Crippen LogP contribution < -0.4 is 10.6 Å². The average Bonchev–Trinajstić information content (AvgIpc) is 3.19. The third kappa shape index (κ3) is 5.66. The fourth-order valence-corrected chi connectivity index (χ4v) is 4.20. The molecule has 32 heavy (non-hydrogen) atoms. The van der Waals surface area contributed by atoms with E-state index in [4.69, 9.17) is 11.6 Å². The maximum Gasteiger partial charge on any atom is 0.254 e. The number of nitrogens with zero attached hydrogens (tertiary/aromatic N) is 3. The summed E-state index contributed by atoms with van der Waals surface area (Å²) in [6.45, 7) is 4.45. The molecule has 0 spiro atoms. The fraction of sp³-hybridized carbons (Fsp3) is 0.273. The molecule has 3 aromatic rings. The lowest BCUT2D eigenvalue weighted by Crippen LogP contribution is -2.26. The van der Waals surface area contributed by atoms with Crippen molar-refractivity contribution in [3.63, 3.8) is 0 Å². The Bertz CT molecular complexity index is 1110. The molecular weight excluding hydrogens is 453 g/mol. The normalized spacial score (nSPS) is 11.8. The predicted molar refractivity (Wildman–Crippen MR) is 123 cm³/mol. The van der Waals surface area contributed by atoms with Crippen LogP contribution in [0, 0.1) is 5.82 Å². The van der Waals surface area contributed by atoms with E-state index in [1.54, 1.807) is 30.3 Å². The lowest BCUT2D eigenvalue weighted by molar-refractivity contribution is -0.115. The first-order valence-corrected chi connectivity index (χ1v) is 11.4. The highest BCUT2D eigenvalue weighted by Gasteiger charge is 2.23. The van der Waals surface area contributed by atoms with E-state index >= 15 is 0 Å². The summed E-state index contributed by atoms with van der Waals surface area (Å²) >= 11 is 7.42. The van der Waals surface area contributed by atoms with E-state index in [2.05, 4.69) is 20.8 Å². The number of nitrogens with one attached hydrogen (secondary N) is 2. The number of carbonyl (C=O) groups excluding carboxylic acids is 2. The summed E-state index contributed by atoms with van der Waals surface area (Å²) in [6.07, 6.45) is 0.566. The van der Waals surface area contributed by atoms with Gasteiger partial charge in [0, 0.05) is 6.54 Å². The van der Waals surface area contributed by atoms with Gasteiger partial charge in [-0.3, -0.25) is 9.59 Å². The first-order valence-electron chi connectivity index (χ1n) is 10.1. The number of hydrogen-bond donors (Lipinski definition) is 2. The molecule has 1 aromatic heterocycles. The molecular formula is C22H23ClFN5O2S. The van der Waals surface area contributed by atoms with Crippen LogP contribution in [0.2, 0.25) is 5.02 Å². The maximum absolute atomic E-state index is 13.8. The number of anilines is 1. The number of hydrogen-bond acceptors (Lipinski definition) is 5. The van der Waals surface area contributed by atoms with E-state index in [1.165, 1.54) is 30.0 Å². The molecule has 1 heterocycles. The molecule has 0 aliphatic carbocycles. The second kappa shape index (κ2) is 11.1. The Kier molecular flexibility index (Phi) is 8.24. The Morgan fingerprint density at radius 3 is 2.53 bits per heavy atom. The number of thioether (sulfide) groups is 1. The molecule has 0 aliphatic rings. The van der Waals surface area contributed by atoms with Gasteiger partial charge in [-0.05, 0) is 37.6 Å². The first-order chi connectivity index (χ1) is 15.4. The zero-order chi connectivity index (χ0) is 23.1. The molecule has 0 saturated carbocycles. The quantitative estimate of drug-likeness (QED) is 0.444. The Balaban J connectivity index is 1.68. The summed E-state index contributed by atoms with van der Waals surface area (Å²) in [4.78, 5) is 25.1. The molecule has 1 atom stereocenters. The summed E-state index contributed by atoms with van der Waals surface area (Å²) < 4.78 is 15.6. The summed E-state index contributed by atoms with van der Waals surface area (Å²) in [5.74, 6) is -0.797. The van der Waals surface area contributed by atoms with Gasteiger partial charge in [-0.25, -0.2) is 4.39 Å². The molecule has 10 heteroatoms. The molecule has 7 nitrogen and oxygen atoms in total. The number of para-hydroxylation sites is 1. The van der Waals surface area contributed by atoms with Crippen molar-refractivity contribution in [2.45, 2.75) is 43.8 Å². The molecule has 3 rings (SSSR count). The molecule has 0 saturated heterocycles. The molecule has 0 bridgehead atoms. The SMILES string of the molecule is CC[C@H](Sc1nnc(CNC(=O)c2ccccc2F)n1CC)C(=O)Nc1ccccc1Cl. The van der Waals surface area contributed by atoms with E-state index in [1.807, 2.05) is 18.4 Å². The van der Waals surface area contributed by atoms with Crippen molar-refractivity contribution >= 4 is 40.9 Å². The number of aromatic nitrogens is 3. The van der Waals surface area contributed by atoms with Gasteiger partial charge in [0.2, 0.25) is 5.91 Å². The van der Waals surface area contributed by atoms with E-state index in [0.717, 1.165) is 0 Å². The van der Waals surface area contributed by atoms with Crippen LogP contribution in [0.25, 0.3) is 0 Å². The van der Waals surface area contributed by atoms with Gasteiger partial charge < -0.3 is 15.2 Å². The molecule has 2 N–H and O–H groups in total. The Morgan fingerprint density at radius 1 is 1.12 bits per heavy atom. The summed E-state index contributed by atoms with van der Waals surface area (Å²) in [6, 6.07) is 12.8. The third-order valence-corrected chi connectivity index (χ3v) is 6.35. The molecule has 2 amide bonds. The van der Waals surface area contributed by atoms with E-state index in [0.29, 0.717) is 34.7 Å². The van der Waals surface area contributed by atoms with Crippen LogP contribution in [0.1, 0.15) is 36.5 Å². The molecule has 2 aromatic carbocycles. The topological polar surface area (TPSA) is 88.9 Å². The highest BCUT2D eigenvalue weighted by atomic mass is 35.5. The molecule has 168 valence electrons. The Hall–Kier alpha value is -2.91. The smallest absolute Gasteiger partial charge is 0.254 e. The van der Waals surface area contributed by atoms with Gasteiger partial charge >= 0.3 is 0 Å². The van der Waals surface area contributed by atoms with Crippen molar-refractivity contribution in [2.75, 3.05) is 5.32 Å². The van der Waals surface area contributed by atoms with Gasteiger partial charge in [0.25, 0.3) is 5.91 Å². The summed E-state index contributed by atoms with van der Waals surface area (Å²) in [5, 5.41) is 14.5. The second-order valence-electron chi connectivity index (χ2n) is 6.79. The van der Waals surface area contributed by atoms with Crippen LogP contribution >= 0.6 is 23.4 Å². The minimum Gasteiger partial charge on any atom is -0.345 e. The number of carbonyl (C=O) groups is 2. The highest BCUT2D eigenvalue weighted by molar-refractivity contribution is 8.00. The van der Waals surface area contributed by atoms with Crippen molar-refractivity contribution in [1.82, 2.24) is 20.1 Å². The number of rotatable bonds is 9. The molecule has 0 aliphatic heterocycles. The Morgan fingerprint density at radius 2 is 1.84 bits per heavy atom. The molecule has 0 fully saturated rings. The highest BCUT2D eigenvalue weighted by Crippen LogP contribution is 2.27.